The highest BCUT2D eigenvalue weighted by molar-refractivity contribution is 8.10. The minimum atomic E-state index is 0.644. The van der Waals surface area contributed by atoms with E-state index in [2.05, 4.69) is 17.9 Å². The highest BCUT2D eigenvalue weighted by Crippen LogP contribution is 1.89. The molecule has 0 bridgehead atoms. The Labute approximate surface area is 67.0 Å². The molecule has 0 fully saturated rings. The number of hydrogen-bond acceptors (Lipinski definition) is 2. The molecular formula is C5H12N2S2. The monoisotopic (exact) mass is 164 g/mol. The van der Waals surface area contributed by atoms with Gasteiger partial charge in [0.1, 0.15) is 4.32 Å². The highest BCUT2D eigenvalue weighted by atomic mass is 32.1. The van der Waals surface area contributed by atoms with Gasteiger partial charge in [-0.2, -0.15) is 0 Å². The van der Waals surface area contributed by atoms with E-state index in [0.29, 0.717) is 4.32 Å². The molecule has 0 aliphatic rings. The van der Waals surface area contributed by atoms with Crippen molar-refractivity contribution in [2.45, 2.75) is 0 Å². The predicted octanol–water partition coefficient (Wildman–Crippen LogP) is 0.352. The van der Waals surface area contributed by atoms with Crippen LogP contribution in [0.25, 0.3) is 0 Å². The average molecular weight is 164 g/mol. The lowest BCUT2D eigenvalue weighted by Gasteiger charge is -2.15. The zero-order chi connectivity index (χ0) is 7.28. The van der Waals surface area contributed by atoms with Gasteiger partial charge in [0.05, 0.1) is 0 Å². The molecule has 0 amide bonds. The fraction of sp³-hybridized carbons (Fsp3) is 0.800. The molecule has 0 aliphatic carbocycles. The lowest BCUT2D eigenvalue weighted by molar-refractivity contribution is 0.511. The van der Waals surface area contributed by atoms with E-state index in [0.717, 1.165) is 13.1 Å². The summed E-state index contributed by atoms with van der Waals surface area (Å²) in [6.45, 7) is 1.86. The maximum Gasteiger partial charge on any atom is 0.133 e. The van der Waals surface area contributed by atoms with Crippen LogP contribution in [-0.4, -0.2) is 36.4 Å². The van der Waals surface area contributed by atoms with E-state index in [9.17, 15) is 0 Å². The summed E-state index contributed by atoms with van der Waals surface area (Å²) in [5, 5.41) is 3.02. The van der Waals surface area contributed by atoms with Crippen molar-refractivity contribution in [2.24, 2.45) is 0 Å². The molecular weight excluding hydrogens is 152 g/mol. The van der Waals surface area contributed by atoms with Crippen molar-refractivity contribution in [3.05, 3.63) is 0 Å². The molecule has 1 N–H and O–H groups in total. The molecule has 0 radical (unpaired) electrons. The average Bonchev–Trinajstić information content (AvgIpc) is 1.82. The second kappa shape index (κ2) is 5.02. The molecule has 0 aromatic heterocycles. The Kier molecular flexibility index (Phi) is 5.13. The van der Waals surface area contributed by atoms with Gasteiger partial charge in [0.2, 0.25) is 0 Å². The van der Waals surface area contributed by atoms with Gasteiger partial charge < -0.3 is 10.2 Å². The molecule has 54 valence electrons. The number of hydrogen-bond donors (Lipinski definition) is 2. The molecule has 2 nitrogen and oxygen atoms in total. The van der Waals surface area contributed by atoms with Crippen LogP contribution in [-0.2, 0) is 0 Å². The standard InChI is InChI=1S/C5H12N2S2/c1-6-3-4-7(2)5(8)9/h6H,3-4H2,1-2H3,(H,8,9). The number of nitrogens with zero attached hydrogens (tertiary/aromatic N) is 1. The van der Waals surface area contributed by atoms with Gasteiger partial charge in [-0.15, -0.1) is 12.6 Å². The third-order valence-electron chi connectivity index (χ3n) is 1.02. The third kappa shape index (κ3) is 4.69. The summed E-state index contributed by atoms with van der Waals surface area (Å²) < 4.78 is 0.644. The second-order valence-corrected chi connectivity index (χ2v) is 2.92. The predicted molar refractivity (Wildman–Crippen MR) is 48.1 cm³/mol. The number of thiol groups is 1. The lowest BCUT2D eigenvalue weighted by Crippen LogP contribution is -2.28. The van der Waals surface area contributed by atoms with Gasteiger partial charge >= 0.3 is 0 Å². The molecule has 0 aliphatic heterocycles. The molecule has 0 rings (SSSR count). The fourth-order valence-corrected chi connectivity index (χ4v) is 0.566. The summed E-state index contributed by atoms with van der Waals surface area (Å²) in [4.78, 5) is 1.91. The van der Waals surface area contributed by atoms with E-state index in [-0.39, 0.29) is 0 Å². The van der Waals surface area contributed by atoms with E-state index in [4.69, 9.17) is 12.2 Å². The summed E-state index contributed by atoms with van der Waals surface area (Å²) in [7, 11) is 3.84. The SMILES string of the molecule is CNCCN(C)C(=S)S. The zero-order valence-electron chi connectivity index (χ0n) is 5.72. The van der Waals surface area contributed by atoms with Crippen LogP contribution in [0.1, 0.15) is 0 Å². The fourth-order valence-electron chi connectivity index (χ4n) is 0.375. The van der Waals surface area contributed by atoms with Crippen molar-refractivity contribution in [3.8, 4) is 0 Å². The minimum Gasteiger partial charge on any atom is -0.360 e. The second-order valence-electron chi connectivity index (χ2n) is 1.81. The normalized spacial score (nSPS) is 9.22. The van der Waals surface area contributed by atoms with Crippen LogP contribution >= 0.6 is 24.8 Å². The zero-order valence-corrected chi connectivity index (χ0v) is 7.43. The molecule has 0 spiro atoms. The Morgan fingerprint density at radius 3 is 2.67 bits per heavy atom. The number of thiocarbonyl (C=S) groups is 1. The Bertz CT molecular complexity index is 95.0. The van der Waals surface area contributed by atoms with Gasteiger partial charge in [-0.1, -0.05) is 12.2 Å². The van der Waals surface area contributed by atoms with Gasteiger partial charge in [-0.05, 0) is 7.05 Å². The third-order valence-corrected chi connectivity index (χ3v) is 1.68. The van der Waals surface area contributed by atoms with Crippen LogP contribution in [0.15, 0.2) is 0 Å². The topological polar surface area (TPSA) is 15.3 Å². The molecule has 0 aromatic carbocycles. The number of nitrogens with one attached hydrogen (secondary N) is 1. The Hall–Kier alpha value is 0.200. The summed E-state index contributed by atoms with van der Waals surface area (Å²) in [5.41, 5.74) is 0. The van der Waals surface area contributed by atoms with E-state index in [1.54, 1.807) is 0 Å². The Morgan fingerprint density at radius 2 is 2.33 bits per heavy atom. The van der Waals surface area contributed by atoms with E-state index in [1.807, 2.05) is 19.0 Å². The summed E-state index contributed by atoms with van der Waals surface area (Å²) in [6, 6.07) is 0. The number of rotatable bonds is 3. The molecule has 9 heavy (non-hydrogen) atoms. The van der Waals surface area contributed by atoms with Crippen LogP contribution in [0, 0.1) is 0 Å². The smallest absolute Gasteiger partial charge is 0.133 e. The van der Waals surface area contributed by atoms with Crippen LogP contribution < -0.4 is 5.32 Å². The Morgan fingerprint density at radius 1 is 1.78 bits per heavy atom. The van der Waals surface area contributed by atoms with Gasteiger partial charge in [-0.3, -0.25) is 0 Å². The first-order valence-electron chi connectivity index (χ1n) is 2.77. The van der Waals surface area contributed by atoms with E-state index >= 15 is 0 Å². The van der Waals surface area contributed by atoms with Gasteiger partial charge in [-0.25, -0.2) is 0 Å². The van der Waals surface area contributed by atoms with Gasteiger partial charge in [0.25, 0.3) is 0 Å². The first-order valence-corrected chi connectivity index (χ1v) is 3.62. The van der Waals surface area contributed by atoms with Crippen LogP contribution in [0.4, 0.5) is 0 Å². The molecule has 0 atom stereocenters. The highest BCUT2D eigenvalue weighted by Gasteiger charge is 1.95. The van der Waals surface area contributed by atoms with Crippen LogP contribution in [0.3, 0.4) is 0 Å². The van der Waals surface area contributed by atoms with Crippen molar-refractivity contribution < 1.29 is 0 Å². The number of likely N-dealkylation sites (N-methyl/N-ethyl adjacent to an activating group) is 2. The van der Waals surface area contributed by atoms with Crippen molar-refractivity contribution in [1.29, 1.82) is 0 Å². The largest absolute Gasteiger partial charge is 0.360 e. The molecule has 0 aromatic rings. The van der Waals surface area contributed by atoms with Crippen molar-refractivity contribution in [3.63, 3.8) is 0 Å². The summed E-state index contributed by atoms with van der Waals surface area (Å²) >= 11 is 8.79. The van der Waals surface area contributed by atoms with Crippen LogP contribution in [0.5, 0.6) is 0 Å². The lowest BCUT2D eigenvalue weighted by atomic mass is 10.6. The van der Waals surface area contributed by atoms with Crippen molar-refractivity contribution in [1.82, 2.24) is 10.2 Å². The summed E-state index contributed by atoms with van der Waals surface area (Å²) in [5.74, 6) is 0. The quantitative estimate of drug-likeness (QED) is 0.463. The van der Waals surface area contributed by atoms with Crippen molar-refractivity contribution >= 4 is 29.2 Å². The molecule has 0 unspecified atom stereocenters. The molecule has 0 heterocycles. The molecule has 4 heteroatoms. The minimum absolute atomic E-state index is 0.644. The maximum atomic E-state index is 4.79. The first kappa shape index (κ1) is 9.20. The van der Waals surface area contributed by atoms with Crippen LogP contribution in [0.2, 0.25) is 0 Å². The van der Waals surface area contributed by atoms with Crippen molar-refractivity contribution in [2.75, 3.05) is 27.2 Å². The molecule has 0 saturated heterocycles. The Balaban J connectivity index is 3.27. The van der Waals surface area contributed by atoms with E-state index in [1.165, 1.54) is 0 Å². The van der Waals surface area contributed by atoms with Gasteiger partial charge in [0, 0.05) is 20.1 Å². The first-order chi connectivity index (χ1) is 4.18. The van der Waals surface area contributed by atoms with E-state index < -0.39 is 0 Å². The van der Waals surface area contributed by atoms with Gasteiger partial charge in [0.15, 0.2) is 0 Å². The maximum absolute atomic E-state index is 4.79. The molecule has 0 saturated carbocycles. The summed E-state index contributed by atoms with van der Waals surface area (Å²) in [6.07, 6.45) is 0.